The fourth-order valence-electron chi connectivity index (χ4n) is 1.56. The highest BCUT2D eigenvalue weighted by molar-refractivity contribution is 9.10. The number of carbonyl (C=O) groups is 1. The number of halogens is 1. The molecule has 0 radical (unpaired) electrons. The third-order valence-electron chi connectivity index (χ3n) is 2.33. The number of sulfonamides is 1. The lowest BCUT2D eigenvalue weighted by atomic mass is 10.2. The van der Waals surface area contributed by atoms with Crippen LogP contribution >= 0.6 is 15.9 Å². The second-order valence-corrected chi connectivity index (χ2v) is 6.51. The monoisotopic (exact) mass is 335 g/mol. The second kappa shape index (κ2) is 5.71. The van der Waals surface area contributed by atoms with Crippen molar-refractivity contribution in [1.82, 2.24) is 0 Å². The summed E-state index contributed by atoms with van der Waals surface area (Å²) < 4.78 is 30.0. The summed E-state index contributed by atoms with van der Waals surface area (Å²) in [6, 6.07) is 5.73. The maximum Gasteiger partial charge on any atom is 0.329 e. The lowest BCUT2D eigenvalue weighted by Gasteiger charge is -2.27. The third kappa shape index (κ3) is 3.46. The molecule has 0 N–H and O–H groups in total. The molecule has 0 saturated carbocycles. The van der Waals surface area contributed by atoms with Crippen molar-refractivity contribution in [2.75, 3.05) is 17.7 Å². The highest BCUT2D eigenvalue weighted by Crippen LogP contribution is 2.23. The second-order valence-electron chi connectivity index (χ2n) is 3.73. The van der Waals surface area contributed by atoms with Gasteiger partial charge in [0.2, 0.25) is 10.0 Å². The Balaban J connectivity index is 3.23. The van der Waals surface area contributed by atoms with Gasteiger partial charge < -0.3 is 4.74 Å². The van der Waals surface area contributed by atoms with E-state index in [-0.39, 0.29) is 0 Å². The molecule has 0 bridgehead atoms. The Hall–Kier alpha value is -1.08. The molecular weight excluding hydrogens is 322 g/mol. The number of ether oxygens (including phenoxy) is 1. The molecule has 0 saturated heterocycles. The Kier molecular flexibility index (Phi) is 4.75. The van der Waals surface area contributed by atoms with E-state index in [1.165, 1.54) is 14.0 Å². The van der Waals surface area contributed by atoms with E-state index in [1.807, 2.05) is 0 Å². The van der Waals surface area contributed by atoms with Crippen molar-refractivity contribution in [2.24, 2.45) is 0 Å². The van der Waals surface area contributed by atoms with Gasteiger partial charge in [-0.1, -0.05) is 15.9 Å². The molecule has 0 fully saturated rings. The molecule has 18 heavy (non-hydrogen) atoms. The SMILES string of the molecule is COC(=O)[C@@H](C)N(c1ccc(Br)cc1)S(C)(=O)=O. The van der Waals surface area contributed by atoms with Gasteiger partial charge in [-0.25, -0.2) is 13.2 Å². The lowest BCUT2D eigenvalue weighted by molar-refractivity contribution is -0.141. The van der Waals surface area contributed by atoms with Crippen LogP contribution in [-0.4, -0.2) is 33.8 Å². The summed E-state index contributed by atoms with van der Waals surface area (Å²) in [6.45, 7) is 1.48. The van der Waals surface area contributed by atoms with Crippen LogP contribution in [0.5, 0.6) is 0 Å². The molecule has 1 aromatic carbocycles. The Morgan fingerprint density at radius 3 is 2.22 bits per heavy atom. The molecule has 100 valence electrons. The summed E-state index contributed by atoms with van der Waals surface area (Å²) in [4.78, 5) is 11.5. The smallest absolute Gasteiger partial charge is 0.329 e. The zero-order valence-corrected chi connectivity index (χ0v) is 12.7. The van der Waals surface area contributed by atoms with Crippen LogP contribution < -0.4 is 4.31 Å². The van der Waals surface area contributed by atoms with Crippen molar-refractivity contribution in [1.29, 1.82) is 0 Å². The standard InChI is InChI=1S/C11H14BrNO4S/c1-8(11(14)17-2)13(18(3,15)16)10-6-4-9(12)5-7-10/h4-8H,1-3H3/t8-/m1/s1. The fourth-order valence-corrected chi connectivity index (χ4v) is 2.99. The van der Waals surface area contributed by atoms with E-state index >= 15 is 0 Å². The first-order valence-electron chi connectivity index (χ1n) is 5.10. The van der Waals surface area contributed by atoms with Crippen LogP contribution in [-0.2, 0) is 19.6 Å². The topological polar surface area (TPSA) is 63.7 Å². The number of methoxy groups -OCH3 is 1. The van der Waals surface area contributed by atoms with E-state index in [1.54, 1.807) is 24.3 Å². The number of rotatable bonds is 4. The average molecular weight is 336 g/mol. The number of anilines is 1. The first kappa shape index (κ1) is 15.0. The predicted octanol–water partition coefficient (Wildman–Crippen LogP) is 1.78. The summed E-state index contributed by atoms with van der Waals surface area (Å²) in [7, 11) is -2.34. The number of hydrogen-bond donors (Lipinski definition) is 0. The van der Waals surface area contributed by atoms with Crippen LogP contribution in [0.4, 0.5) is 5.69 Å². The van der Waals surface area contributed by atoms with Crippen molar-refractivity contribution in [3.8, 4) is 0 Å². The number of carbonyl (C=O) groups excluding carboxylic acids is 1. The van der Waals surface area contributed by atoms with Crippen LogP contribution in [0.25, 0.3) is 0 Å². The minimum absolute atomic E-state index is 0.415. The summed E-state index contributed by atoms with van der Waals surface area (Å²) in [6.07, 6.45) is 1.05. The lowest BCUT2D eigenvalue weighted by Crippen LogP contribution is -2.43. The van der Waals surface area contributed by atoms with Crippen molar-refractivity contribution in [3.63, 3.8) is 0 Å². The van der Waals surface area contributed by atoms with E-state index in [4.69, 9.17) is 0 Å². The van der Waals surface area contributed by atoms with Gasteiger partial charge in [-0.3, -0.25) is 4.31 Å². The molecule has 1 aromatic rings. The average Bonchev–Trinajstić information content (AvgIpc) is 2.29. The molecule has 0 amide bonds. The molecular formula is C11H14BrNO4S. The number of hydrogen-bond acceptors (Lipinski definition) is 4. The number of esters is 1. The molecule has 0 spiro atoms. The molecule has 0 heterocycles. The number of benzene rings is 1. The van der Waals surface area contributed by atoms with Crippen molar-refractivity contribution < 1.29 is 17.9 Å². The Morgan fingerprint density at radius 2 is 1.83 bits per heavy atom. The van der Waals surface area contributed by atoms with Crippen LogP contribution in [0.15, 0.2) is 28.7 Å². The zero-order valence-electron chi connectivity index (χ0n) is 10.3. The highest BCUT2D eigenvalue weighted by atomic mass is 79.9. The molecule has 0 aliphatic heterocycles. The van der Waals surface area contributed by atoms with Crippen molar-refractivity contribution in [2.45, 2.75) is 13.0 Å². The van der Waals surface area contributed by atoms with Crippen LogP contribution in [0, 0.1) is 0 Å². The van der Waals surface area contributed by atoms with E-state index in [2.05, 4.69) is 20.7 Å². The molecule has 0 aliphatic rings. The van der Waals surface area contributed by atoms with Gasteiger partial charge in [0, 0.05) is 4.47 Å². The minimum Gasteiger partial charge on any atom is -0.467 e. The zero-order chi connectivity index (χ0) is 13.9. The van der Waals surface area contributed by atoms with Crippen molar-refractivity contribution in [3.05, 3.63) is 28.7 Å². The Morgan fingerprint density at radius 1 is 1.33 bits per heavy atom. The first-order chi connectivity index (χ1) is 8.27. The van der Waals surface area contributed by atoms with Gasteiger partial charge in [-0.2, -0.15) is 0 Å². The third-order valence-corrected chi connectivity index (χ3v) is 4.10. The summed E-state index contributed by atoms with van der Waals surface area (Å²) >= 11 is 3.27. The Bertz CT molecular complexity index is 526. The predicted molar refractivity (Wildman–Crippen MR) is 72.9 cm³/mol. The van der Waals surface area contributed by atoms with Crippen LogP contribution in [0.2, 0.25) is 0 Å². The quantitative estimate of drug-likeness (QED) is 0.787. The normalized spacial score (nSPS) is 12.9. The Labute approximate surface area is 115 Å². The minimum atomic E-state index is -3.57. The largest absolute Gasteiger partial charge is 0.467 e. The highest BCUT2D eigenvalue weighted by Gasteiger charge is 2.29. The maximum absolute atomic E-state index is 11.8. The van der Waals surface area contributed by atoms with Gasteiger partial charge in [-0.05, 0) is 31.2 Å². The summed E-state index contributed by atoms with van der Waals surface area (Å²) in [5, 5.41) is 0. The van der Waals surface area contributed by atoms with Crippen molar-refractivity contribution >= 4 is 37.6 Å². The molecule has 1 atom stereocenters. The maximum atomic E-state index is 11.8. The first-order valence-corrected chi connectivity index (χ1v) is 7.74. The molecule has 5 nitrogen and oxygen atoms in total. The fraction of sp³-hybridized carbons (Fsp3) is 0.364. The van der Waals surface area contributed by atoms with Crippen LogP contribution in [0.3, 0.4) is 0 Å². The van der Waals surface area contributed by atoms with Gasteiger partial charge in [0.25, 0.3) is 0 Å². The molecule has 0 unspecified atom stereocenters. The van der Waals surface area contributed by atoms with E-state index in [9.17, 15) is 13.2 Å². The van der Waals surface area contributed by atoms with E-state index in [0.717, 1.165) is 15.0 Å². The van der Waals surface area contributed by atoms with E-state index in [0.29, 0.717) is 5.69 Å². The molecule has 0 aliphatic carbocycles. The van der Waals surface area contributed by atoms with Gasteiger partial charge in [-0.15, -0.1) is 0 Å². The molecule has 0 aromatic heterocycles. The number of nitrogens with zero attached hydrogens (tertiary/aromatic N) is 1. The van der Waals surface area contributed by atoms with Gasteiger partial charge in [0.15, 0.2) is 0 Å². The van der Waals surface area contributed by atoms with Gasteiger partial charge in [0.1, 0.15) is 6.04 Å². The van der Waals surface area contributed by atoms with Gasteiger partial charge in [0.05, 0.1) is 19.1 Å². The van der Waals surface area contributed by atoms with Gasteiger partial charge >= 0.3 is 5.97 Å². The van der Waals surface area contributed by atoms with Crippen LogP contribution in [0.1, 0.15) is 6.92 Å². The van der Waals surface area contributed by atoms with E-state index < -0.39 is 22.0 Å². The summed E-state index contributed by atoms with van der Waals surface area (Å²) in [5.74, 6) is -0.608. The summed E-state index contributed by atoms with van der Waals surface area (Å²) in [5.41, 5.74) is 0.415. The molecule has 7 heteroatoms. The molecule has 1 rings (SSSR count).